The van der Waals surface area contributed by atoms with Crippen molar-refractivity contribution < 1.29 is 40.0 Å². The second-order valence-corrected chi connectivity index (χ2v) is 12.9. The predicted molar refractivity (Wildman–Crippen MR) is 140 cm³/mol. The van der Waals surface area contributed by atoms with Crippen molar-refractivity contribution in [1.29, 1.82) is 0 Å². The zero-order chi connectivity index (χ0) is 29.6. The Labute approximate surface area is 236 Å². The number of rotatable bonds is 6. The average molecular weight is 615 g/mol. The van der Waals surface area contributed by atoms with Gasteiger partial charge in [-0.05, 0) is 38.1 Å². The van der Waals surface area contributed by atoms with E-state index in [4.69, 9.17) is 9.47 Å². The molecular weight excluding hydrogens is 589 g/mol. The van der Waals surface area contributed by atoms with Gasteiger partial charge in [-0.25, -0.2) is 9.78 Å². The molecule has 1 fully saturated rings. The van der Waals surface area contributed by atoms with E-state index in [0.29, 0.717) is 35.9 Å². The summed E-state index contributed by atoms with van der Waals surface area (Å²) < 4.78 is 78.7. The number of hydrogen-bond acceptors (Lipinski definition) is 12. The molecule has 1 spiro atoms. The molecule has 17 heteroatoms. The molecule has 5 rings (SSSR count). The van der Waals surface area contributed by atoms with E-state index in [2.05, 4.69) is 24.6 Å². The van der Waals surface area contributed by atoms with Crippen LogP contribution in [-0.4, -0.2) is 69.4 Å². The van der Waals surface area contributed by atoms with Crippen LogP contribution in [0.2, 0.25) is 0 Å². The van der Waals surface area contributed by atoms with Crippen LogP contribution in [0.5, 0.6) is 5.75 Å². The molecule has 0 unspecified atom stereocenters. The molecule has 1 aromatic carbocycles. The lowest BCUT2D eigenvalue weighted by atomic mass is 9.87. The molecule has 220 valence electrons. The Kier molecular flexibility index (Phi) is 7.21. The van der Waals surface area contributed by atoms with Crippen LogP contribution in [0.15, 0.2) is 36.5 Å². The second kappa shape index (κ2) is 10.3. The summed E-state index contributed by atoms with van der Waals surface area (Å²) in [5.74, 6) is -0.406. The van der Waals surface area contributed by atoms with E-state index in [-0.39, 0.29) is 23.7 Å². The highest BCUT2D eigenvalue weighted by Crippen LogP contribution is 2.44. The van der Waals surface area contributed by atoms with E-state index >= 15 is 0 Å². The number of esters is 1. The Morgan fingerprint density at radius 1 is 1.17 bits per heavy atom. The third-order valence-corrected chi connectivity index (χ3v) is 8.10. The van der Waals surface area contributed by atoms with Gasteiger partial charge in [-0.1, -0.05) is 23.5 Å². The molecule has 1 saturated heterocycles. The topological polar surface area (TPSA) is 139 Å². The van der Waals surface area contributed by atoms with Crippen molar-refractivity contribution in [2.45, 2.75) is 56.9 Å². The molecule has 0 bridgehead atoms. The molecule has 2 aliphatic rings. The summed E-state index contributed by atoms with van der Waals surface area (Å²) in [4.78, 5) is 20.2. The van der Waals surface area contributed by atoms with E-state index in [1.54, 1.807) is 45.2 Å². The molecule has 0 radical (unpaired) electrons. The Morgan fingerprint density at radius 2 is 1.88 bits per heavy atom. The van der Waals surface area contributed by atoms with Crippen molar-refractivity contribution >= 4 is 38.3 Å². The van der Waals surface area contributed by atoms with Crippen LogP contribution in [0.4, 0.5) is 18.3 Å². The Morgan fingerprint density at radius 3 is 2.56 bits per heavy atom. The summed E-state index contributed by atoms with van der Waals surface area (Å²) in [6, 6.07) is 6.17. The normalized spacial score (nSPS) is 17.0. The minimum atomic E-state index is -5.87. The van der Waals surface area contributed by atoms with Gasteiger partial charge >= 0.3 is 21.6 Å². The van der Waals surface area contributed by atoms with Crippen LogP contribution in [0.25, 0.3) is 16.5 Å². The number of tetrazole rings is 1. The molecule has 0 amide bonds. The Bertz CT molecular complexity index is 1590. The third kappa shape index (κ3) is 6.29. The number of carbonyl (C=O) groups is 1. The van der Waals surface area contributed by atoms with Gasteiger partial charge in [0.1, 0.15) is 17.0 Å². The van der Waals surface area contributed by atoms with Crippen LogP contribution >= 0.6 is 11.3 Å². The molecule has 2 aromatic heterocycles. The fourth-order valence-electron chi connectivity index (χ4n) is 4.29. The molecule has 0 N–H and O–H groups in total. The number of para-hydroxylation sites is 1. The van der Waals surface area contributed by atoms with Gasteiger partial charge < -0.3 is 18.6 Å². The number of benzene rings is 1. The summed E-state index contributed by atoms with van der Waals surface area (Å²) in [7, 11) is -5.87. The molecule has 12 nitrogen and oxygen atoms in total. The number of halogens is 3. The van der Waals surface area contributed by atoms with Crippen LogP contribution in [-0.2, 0) is 30.4 Å². The molecular formula is C24H25F3N6O6S2. The molecule has 0 atom stereocenters. The Balaban J connectivity index is 1.28. The van der Waals surface area contributed by atoms with Crippen molar-refractivity contribution in [3.63, 3.8) is 0 Å². The number of hydrogen-bond donors (Lipinski definition) is 0. The maximum absolute atomic E-state index is 13.1. The van der Waals surface area contributed by atoms with Crippen molar-refractivity contribution in [3.05, 3.63) is 42.1 Å². The van der Waals surface area contributed by atoms with Gasteiger partial charge in [-0.3, -0.25) is 0 Å². The summed E-state index contributed by atoms with van der Waals surface area (Å²) in [6.45, 7) is 5.89. The van der Waals surface area contributed by atoms with Gasteiger partial charge in [0.25, 0.3) is 0 Å². The van der Waals surface area contributed by atoms with E-state index in [1.165, 1.54) is 23.5 Å². The molecule has 0 saturated carbocycles. The van der Waals surface area contributed by atoms with Crippen LogP contribution in [0.1, 0.15) is 39.2 Å². The lowest BCUT2D eigenvalue weighted by Crippen LogP contribution is -2.48. The second-order valence-electron chi connectivity index (χ2n) is 10.4. The lowest BCUT2D eigenvalue weighted by Gasteiger charge is -2.42. The first kappa shape index (κ1) is 28.8. The van der Waals surface area contributed by atoms with Gasteiger partial charge in [0.2, 0.25) is 5.82 Å². The zero-order valence-corrected chi connectivity index (χ0v) is 23.7. The van der Waals surface area contributed by atoms with Crippen molar-refractivity contribution in [1.82, 2.24) is 25.2 Å². The van der Waals surface area contributed by atoms with Crippen LogP contribution in [0.3, 0.4) is 0 Å². The van der Waals surface area contributed by atoms with Crippen molar-refractivity contribution in [2.75, 3.05) is 18.0 Å². The number of carbonyl (C=O) groups excluding carboxylic acids is 1. The fraction of sp³-hybridized carbons (Fsp3) is 0.458. The fourth-order valence-corrected chi connectivity index (χ4v) is 5.66. The summed E-state index contributed by atoms with van der Waals surface area (Å²) in [5.41, 5.74) is -7.18. The van der Waals surface area contributed by atoms with E-state index in [0.717, 1.165) is 4.80 Å². The SMILES string of the molecule is CC(C)(C)OC(=O)Cn1nnc(-c2cnc(N3CCC4(C=C(OS(=O)(=O)C(F)(F)F)c5ccccc5O4)CC3)s2)n1. The van der Waals surface area contributed by atoms with E-state index < -0.39 is 38.6 Å². The highest BCUT2D eigenvalue weighted by atomic mass is 32.2. The number of fused-ring (bicyclic) bond motifs is 1. The Hall–Kier alpha value is -3.73. The molecule has 0 aliphatic carbocycles. The maximum Gasteiger partial charge on any atom is 0.534 e. The van der Waals surface area contributed by atoms with Gasteiger partial charge in [-0.15, -0.1) is 10.2 Å². The standard InChI is InChI=1S/C24H25F3N6O6S2/c1-22(2,3)38-19(34)14-33-30-20(29-31-33)18-13-28-21(40-18)32-10-8-23(9-11-32)12-17(39-41(35,36)24(25,26)27)15-6-4-5-7-16(15)37-23/h4-7,12-13H,8-11,14H2,1-3H3. The first-order valence-corrected chi connectivity index (χ1v) is 14.6. The number of nitrogens with zero attached hydrogens (tertiary/aromatic N) is 6. The molecule has 4 heterocycles. The van der Waals surface area contributed by atoms with E-state index in [9.17, 15) is 26.4 Å². The average Bonchev–Trinajstić information content (AvgIpc) is 3.52. The van der Waals surface area contributed by atoms with Crippen molar-refractivity contribution in [3.8, 4) is 16.5 Å². The first-order valence-electron chi connectivity index (χ1n) is 12.4. The number of ether oxygens (including phenoxy) is 2. The summed E-state index contributed by atoms with van der Waals surface area (Å²) >= 11 is 1.30. The minimum absolute atomic E-state index is 0.116. The minimum Gasteiger partial charge on any atom is -0.482 e. The third-order valence-electron chi connectivity index (χ3n) is 6.08. The van der Waals surface area contributed by atoms with Gasteiger partial charge in [0.15, 0.2) is 17.4 Å². The number of aromatic nitrogens is 5. The van der Waals surface area contributed by atoms with E-state index in [1.807, 2.05) is 4.90 Å². The quantitative estimate of drug-likeness (QED) is 0.228. The molecule has 41 heavy (non-hydrogen) atoms. The van der Waals surface area contributed by atoms with Crippen molar-refractivity contribution in [2.24, 2.45) is 0 Å². The number of thiazole rings is 1. The number of alkyl halides is 3. The largest absolute Gasteiger partial charge is 0.534 e. The van der Waals surface area contributed by atoms with Crippen LogP contribution in [0, 0.1) is 0 Å². The zero-order valence-electron chi connectivity index (χ0n) is 22.1. The summed E-state index contributed by atoms with van der Waals surface area (Å²) in [6.07, 6.45) is 3.54. The molecule has 2 aliphatic heterocycles. The molecule has 3 aromatic rings. The van der Waals surface area contributed by atoms with Gasteiger partial charge in [-0.2, -0.15) is 26.4 Å². The van der Waals surface area contributed by atoms with Crippen LogP contribution < -0.4 is 9.64 Å². The lowest BCUT2D eigenvalue weighted by molar-refractivity contribution is -0.156. The highest BCUT2D eigenvalue weighted by Gasteiger charge is 2.50. The smallest absolute Gasteiger partial charge is 0.482 e. The van der Waals surface area contributed by atoms with Gasteiger partial charge in [0.05, 0.1) is 16.6 Å². The summed E-state index contributed by atoms with van der Waals surface area (Å²) in [5, 5.41) is 12.8. The maximum atomic E-state index is 13.1. The monoisotopic (exact) mass is 614 g/mol. The number of anilines is 1. The highest BCUT2D eigenvalue weighted by molar-refractivity contribution is 7.87. The van der Waals surface area contributed by atoms with Gasteiger partial charge in [0, 0.05) is 32.0 Å². The predicted octanol–water partition coefficient (Wildman–Crippen LogP) is 3.78. The number of piperidine rings is 1. The first-order chi connectivity index (χ1) is 19.1.